The number of carbonyl (C=O) groups excluding carboxylic acids is 1. The molecular weight excluding hydrogens is 322 g/mol. The highest BCUT2D eigenvalue weighted by Crippen LogP contribution is 2.36. The first-order valence-electron chi connectivity index (χ1n) is 6.72. The summed E-state index contributed by atoms with van der Waals surface area (Å²) in [6.07, 6.45) is 0.632. The van der Waals surface area contributed by atoms with Crippen molar-refractivity contribution in [3.8, 4) is 11.9 Å². The number of thiazole rings is 1. The topological polar surface area (TPSA) is 75.0 Å². The molecule has 0 radical (unpaired) electrons. The summed E-state index contributed by atoms with van der Waals surface area (Å²) in [6, 6.07) is 7.23. The molecule has 1 unspecified atom stereocenters. The lowest BCUT2D eigenvalue weighted by atomic mass is 10.0. The van der Waals surface area contributed by atoms with E-state index in [1.165, 1.54) is 11.3 Å². The second-order valence-corrected chi connectivity index (χ2v) is 6.08. The lowest BCUT2D eigenvalue weighted by Gasteiger charge is -2.21. The molecule has 1 aliphatic rings. The number of amides is 1. The molecule has 3 rings (SSSR count). The number of hydrogen-bond acceptors (Lipinski definition) is 5. The third-order valence-electron chi connectivity index (χ3n) is 3.49. The Bertz CT molecular complexity index is 753. The molecule has 0 spiro atoms. The maximum atomic E-state index is 12.4. The van der Waals surface area contributed by atoms with Crippen molar-refractivity contribution in [3.63, 3.8) is 0 Å². The maximum Gasteiger partial charge on any atom is 0.228 e. The number of nitrogens with one attached hydrogen (secondary N) is 1. The van der Waals surface area contributed by atoms with Crippen molar-refractivity contribution in [2.75, 3.05) is 6.61 Å². The van der Waals surface area contributed by atoms with Gasteiger partial charge in [0.1, 0.15) is 6.07 Å². The molecule has 112 valence electrons. The first kappa shape index (κ1) is 14.8. The van der Waals surface area contributed by atoms with Crippen LogP contribution >= 0.6 is 22.9 Å². The number of fused-ring (bicyclic) bond motifs is 1. The van der Waals surface area contributed by atoms with Crippen molar-refractivity contribution in [1.82, 2.24) is 10.3 Å². The minimum Gasteiger partial charge on any atom is -0.477 e. The van der Waals surface area contributed by atoms with Gasteiger partial charge in [0.15, 0.2) is 0 Å². The van der Waals surface area contributed by atoms with Gasteiger partial charge < -0.3 is 10.1 Å². The molecule has 2 heterocycles. The summed E-state index contributed by atoms with van der Waals surface area (Å²) in [4.78, 5) is 17.4. The lowest BCUT2D eigenvalue weighted by Crippen LogP contribution is -2.31. The molecule has 1 atom stereocenters. The molecule has 0 fully saturated rings. The third kappa shape index (κ3) is 2.78. The molecule has 5 nitrogen and oxygen atoms in total. The van der Waals surface area contributed by atoms with Crippen molar-refractivity contribution in [2.24, 2.45) is 0 Å². The number of nitriles is 1. The van der Waals surface area contributed by atoms with E-state index in [9.17, 15) is 4.79 Å². The van der Waals surface area contributed by atoms with E-state index in [-0.39, 0.29) is 11.8 Å². The number of nitrogens with zero attached hydrogens (tertiary/aromatic N) is 2. The SMILES string of the molecule is N#Cc1cccc(CNC(=O)C2CCOc3ncsc32)c1Cl. The fourth-order valence-corrected chi connectivity index (χ4v) is 3.45. The highest BCUT2D eigenvalue weighted by molar-refractivity contribution is 7.10. The highest BCUT2D eigenvalue weighted by Gasteiger charge is 2.29. The molecule has 7 heteroatoms. The van der Waals surface area contributed by atoms with Crippen LogP contribution in [0, 0.1) is 11.3 Å². The summed E-state index contributed by atoms with van der Waals surface area (Å²) < 4.78 is 5.42. The monoisotopic (exact) mass is 333 g/mol. The van der Waals surface area contributed by atoms with Crippen LogP contribution in [0.1, 0.15) is 28.3 Å². The van der Waals surface area contributed by atoms with Gasteiger partial charge in [-0.1, -0.05) is 23.7 Å². The molecule has 0 saturated carbocycles. The van der Waals surface area contributed by atoms with Gasteiger partial charge in [-0.15, -0.1) is 11.3 Å². The predicted octanol–water partition coefficient (Wildman–Crippen LogP) is 2.85. The van der Waals surface area contributed by atoms with Gasteiger partial charge in [0, 0.05) is 6.54 Å². The molecule has 0 saturated heterocycles. The van der Waals surface area contributed by atoms with Crippen molar-refractivity contribution in [2.45, 2.75) is 18.9 Å². The van der Waals surface area contributed by atoms with E-state index >= 15 is 0 Å². The smallest absolute Gasteiger partial charge is 0.228 e. The van der Waals surface area contributed by atoms with Gasteiger partial charge in [0.25, 0.3) is 0 Å². The number of carbonyl (C=O) groups is 1. The number of aromatic nitrogens is 1. The fourth-order valence-electron chi connectivity index (χ4n) is 2.35. The van der Waals surface area contributed by atoms with E-state index in [2.05, 4.69) is 10.3 Å². The van der Waals surface area contributed by atoms with E-state index < -0.39 is 0 Å². The molecule has 1 aromatic heterocycles. The van der Waals surface area contributed by atoms with E-state index in [0.29, 0.717) is 36.0 Å². The predicted molar refractivity (Wildman–Crippen MR) is 83.0 cm³/mol. The number of benzene rings is 1. The standard InChI is InChI=1S/C15H12ClN3O2S/c16-12-9(6-17)2-1-3-10(12)7-18-14(20)11-4-5-21-15-13(11)22-8-19-15/h1-3,8,11H,4-5,7H2,(H,18,20). The minimum absolute atomic E-state index is 0.0766. The lowest BCUT2D eigenvalue weighted by molar-refractivity contribution is -0.123. The number of ether oxygens (including phenoxy) is 1. The van der Waals surface area contributed by atoms with Gasteiger partial charge in [0.05, 0.1) is 33.5 Å². The summed E-state index contributed by atoms with van der Waals surface area (Å²) in [7, 11) is 0. The maximum absolute atomic E-state index is 12.4. The zero-order chi connectivity index (χ0) is 15.5. The van der Waals surface area contributed by atoms with E-state index in [0.717, 1.165) is 10.4 Å². The second kappa shape index (κ2) is 6.34. The normalized spacial score (nSPS) is 16.3. The quantitative estimate of drug-likeness (QED) is 0.937. The van der Waals surface area contributed by atoms with Gasteiger partial charge in [-0.25, -0.2) is 4.98 Å². The van der Waals surface area contributed by atoms with Crippen molar-refractivity contribution in [3.05, 3.63) is 44.7 Å². The Kier molecular flexibility index (Phi) is 4.27. The Labute approximate surface area is 136 Å². The average molecular weight is 334 g/mol. The van der Waals surface area contributed by atoms with E-state index in [1.807, 2.05) is 6.07 Å². The average Bonchev–Trinajstić information content (AvgIpc) is 3.02. The molecule has 0 aliphatic carbocycles. The zero-order valence-corrected chi connectivity index (χ0v) is 13.1. The Balaban J connectivity index is 1.71. The molecular formula is C15H12ClN3O2S. The van der Waals surface area contributed by atoms with E-state index in [4.69, 9.17) is 21.6 Å². The fraction of sp³-hybridized carbons (Fsp3) is 0.267. The molecule has 1 aromatic carbocycles. The van der Waals surface area contributed by atoms with Crippen molar-refractivity contribution >= 4 is 28.8 Å². The Hall–Kier alpha value is -2.10. The minimum atomic E-state index is -0.242. The van der Waals surface area contributed by atoms with Crippen LogP contribution in [0.2, 0.25) is 5.02 Å². The van der Waals surface area contributed by atoms with Gasteiger partial charge >= 0.3 is 0 Å². The molecule has 1 aliphatic heterocycles. The van der Waals surface area contributed by atoms with Crippen LogP contribution in [0.25, 0.3) is 0 Å². The Morgan fingerprint density at radius 1 is 1.59 bits per heavy atom. The van der Waals surface area contributed by atoms with Crippen molar-refractivity contribution in [1.29, 1.82) is 5.26 Å². The van der Waals surface area contributed by atoms with Gasteiger partial charge in [0.2, 0.25) is 11.8 Å². The van der Waals surface area contributed by atoms with E-state index in [1.54, 1.807) is 23.7 Å². The van der Waals surface area contributed by atoms with Crippen LogP contribution in [-0.2, 0) is 11.3 Å². The largest absolute Gasteiger partial charge is 0.477 e. The van der Waals surface area contributed by atoms with Gasteiger partial charge in [-0.2, -0.15) is 5.26 Å². The molecule has 22 heavy (non-hydrogen) atoms. The van der Waals surface area contributed by atoms with Gasteiger partial charge in [-0.05, 0) is 18.1 Å². The highest BCUT2D eigenvalue weighted by atomic mass is 35.5. The van der Waals surface area contributed by atoms with Crippen LogP contribution in [0.4, 0.5) is 0 Å². The first-order valence-corrected chi connectivity index (χ1v) is 7.98. The van der Waals surface area contributed by atoms with Crippen molar-refractivity contribution < 1.29 is 9.53 Å². The summed E-state index contributed by atoms with van der Waals surface area (Å²) in [5.41, 5.74) is 2.82. The summed E-state index contributed by atoms with van der Waals surface area (Å²) >= 11 is 7.57. The first-order chi connectivity index (χ1) is 10.7. The third-order valence-corrected chi connectivity index (χ3v) is 4.86. The Morgan fingerprint density at radius 3 is 3.27 bits per heavy atom. The van der Waals surface area contributed by atoms with Crippen LogP contribution in [-0.4, -0.2) is 17.5 Å². The Morgan fingerprint density at radius 2 is 2.45 bits per heavy atom. The number of hydrogen-bond donors (Lipinski definition) is 1. The molecule has 0 bridgehead atoms. The van der Waals surface area contributed by atoms with Gasteiger partial charge in [-0.3, -0.25) is 4.79 Å². The number of rotatable bonds is 3. The summed E-state index contributed by atoms with van der Waals surface area (Å²) in [5.74, 6) is 0.238. The van der Waals surface area contributed by atoms with Crippen LogP contribution in [0.5, 0.6) is 5.88 Å². The summed E-state index contributed by atoms with van der Waals surface area (Å²) in [6.45, 7) is 0.776. The molecule has 1 amide bonds. The van der Waals surface area contributed by atoms with Crippen LogP contribution in [0.15, 0.2) is 23.7 Å². The second-order valence-electron chi connectivity index (χ2n) is 4.82. The zero-order valence-electron chi connectivity index (χ0n) is 11.5. The van der Waals surface area contributed by atoms with Crippen LogP contribution < -0.4 is 10.1 Å². The number of halogens is 1. The molecule has 1 N–H and O–H groups in total. The summed E-state index contributed by atoms with van der Waals surface area (Å²) in [5, 5.41) is 12.2. The van der Waals surface area contributed by atoms with Crippen LogP contribution in [0.3, 0.4) is 0 Å². The molecule has 2 aromatic rings.